The van der Waals surface area contributed by atoms with Gasteiger partial charge in [0, 0.05) is 37.2 Å². The van der Waals surface area contributed by atoms with E-state index in [1.54, 1.807) is 12.1 Å². The lowest BCUT2D eigenvalue weighted by Crippen LogP contribution is -2.50. The molecule has 0 unspecified atom stereocenters. The van der Waals surface area contributed by atoms with Crippen molar-refractivity contribution >= 4 is 23.2 Å². The van der Waals surface area contributed by atoms with Gasteiger partial charge >= 0.3 is 0 Å². The van der Waals surface area contributed by atoms with Gasteiger partial charge in [0.05, 0.1) is 5.02 Å². The van der Waals surface area contributed by atoms with Gasteiger partial charge in [-0.2, -0.15) is 0 Å². The molecule has 18 heavy (non-hydrogen) atoms. The Morgan fingerprint density at radius 2 is 2.28 bits per heavy atom. The molecule has 1 heterocycles. The number of nitrogens with zero attached hydrogens (tertiary/aromatic N) is 1. The second kappa shape index (κ2) is 6.62. The highest BCUT2D eigenvalue weighted by Gasteiger charge is 2.15. The molecule has 1 atom stereocenters. The highest BCUT2D eigenvalue weighted by atomic mass is 35.5. The van der Waals surface area contributed by atoms with E-state index in [4.69, 9.17) is 27.9 Å². The van der Waals surface area contributed by atoms with E-state index in [2.05, 4.69) is 17.1 Å². The fourth-order valence-electron chi connectivity index (χ4n) is 2.09. The van der Waals surface area contributed by atoms with E-state index in [1.807, 2.05) is 6.07 Å². The van der Waals surface area contributed by atoms with Gasteiger partial charge in [-0.05, 0) is 25.1 Å². The van der Waals surface area contributed by atoms with Gasteiger partial charge in [0.2, 0.25) is 0 Å². The number of ether oxygens (including phenoxy) is 1. The Bertz CT molecular complexity index is 401. The Morgan fingerprint density at radius 1 is 1.44 bits per heavy atom. The molecular weight excluding hydrogens is 271 g/mol. The lowest BCUT2D eigenvalue weighted by molar-refractivity contribution is 0.170. The Balaban J connectivity index is 1.77. The van der Waals surface area contributed by atoms with Crippen molar-refractivity contribution in [2.24, 2.45) is 0 Å². The van der Waals surface area contributed by atoms with Crippen LogP contribution in [0.2, 0.25) is 10.0 Å². The van der Waals surface area contributed by atoms with E-state index in [9.17, 15) is 0 Å². The third kappa shape index (κ3) is 4.02. The van der Waals surface area contributed by atoms with Crippen molar-refractivity contribution in [2.45, 2.75) is 13.0 Å². The van der Waals surface area contributed by atoms with Crippen LogP contribution in [0.4, 0.5) is 0 Å². The summed E-state index contributed by atoms with van der Waals surface area (Å²) < 4.78 is 5.68. The van der Waals surface area contributed by atoms with Crippen LogP contribution in [0.25, 0.3) is 0 Å². The van der Waals surface area contributed by atoms with Crippen LogP contribution in [0.15, 0.2) is 18.2 Å². The van der Waals surface area contributed by atoms with Crippen molar-refractivity contribution in [3.8, 4) is 5.75 Å². The van der Waals surface area contributed by atoms with Crippen molar-refractivity contribution < 1.29 is 4.74 Å². The molecule has 1 N–H and O–H groups in total. The fraction of sp³-hybridized carbons (Fsp3) is 0.538. The van der Waals surface area contributed by atoms with Gasteiger partial charge in [-0.15, -0.1) is 0 Å². The van der Waals surface area contributed by atoms with E-state index in [-0.39, 0.29) is 0 Å². The van der Waals surface area contributed by atoms with Crippen molar-refractivity contribution in [1.82, 2.24) is 10.2 Å². The molecule has 0 aromatic heterocycles. The highest BCUT2D eigenvalue weighted by molar-refractivity contribution is 6.35. The lowest BCUT2D eigenvalue weighted by Gasteiger charge is -2.31. The third-order valence-electron chi connectivity index (χ3n) is 3.01. The predicted molar refractivity (Wildman–Crippen MR) is 75.9 cm³/mol. The number of rotatable bonds is 4. The quantitative estimate of drug-likeness (QED) is 0.922. The molecule has 0 bridgehead atoms. The number of piperazine rings is 1. The van der Waals surface area contributed by atoms with Crippen LogP contribution in [0, 0.1) is 0 Å². The van der Waals surface area contributed by atoms with Crippen LogP contribution in [-0.4, -0.2) is 43.7 Å². The van der Waals surface area contributed by atoms with Gasteiger partial charge in [0.15, 0.2) is 0 Å². The van der Waals surface area contributed by atoms with Gasteiger partial charge in [0.25, 0.3) is 0 Å². The first kappa shape index (κ1) is 13.9. The average molecular weight is 289 g/mol. The Hall–Kier alpha value is -0.480. The van der Waals surface area contributed by atoms with E-state index in [0.29, 0.717) is 28.4 Å². The average Bonchev–Trinajstić information content (AvgIpc) is 2.32. The molecule has 0 radical (unpaired) electrons. The van der Waals surface area contributed by atoms with Gasteiger partial charge < -0.3 is 10.1 Å². The predicted octanol–water partition coefficient (Wildman–Crippen LogP) is 2.67. The third-order valence-corrected chi connectivity index (χ3v) is 3.54. The zero-order valence-corrected chi connectivity index (χ0v) is 12.0. The molecule has 1 aromatic carbocycles. The van der Waals surface area contributed by atoms with E-state index in [0.717, 1.165) is 26.2 Å². The van der Waals surface area contributed by atoms with Crippen molar-refractivity contribution in [1.29, 1.82) is 0 Å². The van der Waals surface area contributed by atoms with Crippen LogP contribution in [0.3, 0.4) is 0 Å². The summed E-state index contributed by atoms with van der Waals surface area (Å²) in [6.45, 7) is 6.95. The molecule has 1 aromatic rings. The van der Waals surface area contributed by atoms with Crippen molar-refractivity contribution in [3.05, 3.63) is 28.2 Å². The normalized spacial score (nSPS) is 20.9. The molecular formula is C13H18Cl2N2O. The Morgan fingerprint density at radius 3 is 3.00 bits per heavy atom. The summed E-state index contributed by atoms with van der Waals surface area (Å²) in [7, 11) is 0. The number of hydrogen-bond acceptors (Lipinski definition) is 3. The van der Waals surface area contributed by atoms with Gasteiger partial charge in [0.1, 0.15) is 12.4 Å². The number of nitrogens with one attached hydrogen (secondary N) is 1. The summed E-state index contributed by atoms with van der Waals surface area (Å²) in [6, 6.07) is 5.85. The molecule has 0 saturated carbocycles. The van der Waals surface area contributed by atoms with Gasteiger partial charge in [-0.1, -0.05) is 23.2 Å². The molecule has 0 aliphatic carbocycles. The minimum atomic E-state index is 0.554. The standard InChI is InChI=1S/C13H18Cl2N2O/c1-10-9-17(5-4-16-10)6-7-18-13-3-2-11(14)8-12(13)15/h2-3,8,10,16H,4-7,9H2,1H3/t10-/m0/s1. The second-order valence-electron chi connectivity index (χ2n) is 4.58. The largest absolute Gasteiger partial charge is 0.491 e. The summed E-state index contributed by atoms with van der Waals surface area (Å²) in [5.74, 6) is 0.698. The van der Waals surface area contributed by atoms with Crippen LogP contribution in [-0.2, 0) is 0 Å². The molecule has 0 spiro atoms. The highest BCUT2D eigenvalue weighted by Crippen LogP contribution is 2.27. The van der Waals surface area contributed by atoms with Crippen molar-refractivity contribution in [3.63, 3.8) is 0 Å². The van der Waals surface area contributed by atoms with E-state index >= 15 is 0 Å². The SMILES string of the molecule is C[C@H]1CN(CCOc2ccc(Cl)cc2Cl)CCN1. The first-order chi connectivity index (χ1) is 8.65. The molecule has 1 saturated heterocycles. The first-order valence-corrected chi connectivity index (χ1v) is 6.94. The molecule has 1 fully saturated rings. The molecule has 1 aliphatic rings. The van der Waals surface area contributed by atoms with Crippen LogP contribution in [0.5, 0.6) is 5.75 Å². The van der Waals surface area contributed by atoms with E-state index < -0.39 is 0 Å². The maximum absolute atomic E-state index is 6.04. The van der Waals surface area contributed by atoms with Crippen LogP contribution in [0.1, 0.15) is 6.92 Å². The Labute approximate surface area is 118 Å². The van der Waals surface area contributed by atoms with Gasteiger partial charge in [-0.3, -0.25) is 4.90 Å². The molecule has 5 heteroatoms. The molecule has 1 aliphatic heterocycles. The fourth-order valence-corrected chi connectivity index (χ4v) is 2.56. The van der Waals surface area contributed by atoms with Gasteiger partial charge in [-0.25, -0.2) is 0 Å². The summed E-state index contributed by atoms with van der Waals surface area (Å²) in [6.07, 6.45) is 0. The molecule has 2 rings (SSSR count). The number of hydrogen-bond donors (Lipinski definition) is 1. The maximum atomic E-state index is 6.04. The topological polar surface area (TPSA) is 24.5 Å². The summed E-state index contributed by atoms with van der Waals surface area (Å²) in [4.78, 5) is 2.39. The van der Waals surface area contributed by atoms with Crippen LogP contribution >= 0.6 is 23.2 Å². The second-order valence-corrected chi connectivity index (χ2v) is 5.42. The first-order valence-electron chi connectivity index (χ1n) is 6.19. The number of benzene rings is 1. The minimum Gasteiger partial charge on any atom is -0.491 e. The molecule has 0 amide bonds. The maximum Gasteiger partial charge on any atom is 0.138 e. The summed E-state index contributed by atoms with van der Waals surface area (Å²) in [5.41, 5.74) is 0. The summed E-state index contributed by atoms with van der Waals surface area (Å²) in [5, 5.41) is 4.61. The Kier molecular flexibility index (Phi) is 5.13. The smallest absolute Gasteiger partial charge is 0.138 e. The minimum absolute atomic E-state index is 0.554. The van der Waals surface area contributed by atoms with Crippen LogP contribution < -0.4 is 10.1 Å². The summed E-state index contributed by atoms with van der Waals surface area (Å²) >= 11 is 11.9. The monoisotopic (exact) mass is 288 g/mol. The van der Waals surface area contributed by atoms with E-state index in [1.165, 1.54) is 0 Å². The number of halogens is 2. The molecule has 100 valence electrons. The zero-order valence-electron chi connectivity index (χ0n) is 10.5. The van der Waals surface area contributed by atoms with Crippen molar-refractivity contribution in [2.75, 3.05) is 32.8 Å². The molecule has 3 nitrogen and oxygen atoms in total. The lowest BCUT2D eigenvalue weighted by atomic mass is 10.2. The zero-order chi connectivity index (χ0) is 13.0.